The van der Waals surface area contributed by atoms with Crippen molar-refractivity contribution in [1.29, 1.82) is 0 Å². The minimum absolute atomic E-state index is 0.0893. The van der Waals surface area contributed by atoms with Crippen LogP contribution in [0.5, 0.6) is 5.75 Å². The van der Waals surface area contributed by atoms with Crippen molar-refractivity contribution in [1.82, 2.24) is 5.32 Å². The third kappa shape index (κ3) is 3.74. The number of nitrogens with two attached hydrogens (primary N) is 1. The SMILES string of the molecule is CCOc1cc(N)cc(C(=O)NC2CC=CCC2)c1. The zero-order valence-electron chi connectivity index (χ0n) is 11.2. The van der Waals surface area contributed by atoms with E-state index in [4.69, 9.17) is 10.5 Å². The van der Waals surface area contributed by atoms with Gasteiger partial charge in [-0.1, -0.05) is 12.2 Å². The van der Waals surface area contributed by atoms with Gasteiger partial charge < -0.3 is 15.8 Å². The number of amides is 1. The highest BCUT2D eigenvalue weighted by Crippen LogP contribution is 2.19. The standard InChI is InChI=1S/C15H20N2O2/c1-2-19-14-9-11(8-12(16)10-14)15(18)17-13-6-4-3-5-7-13/h3-4,8-10,13H,2,5-7,16H2,1H3,(H,17,18). The van der Waals surface area contributed by atoms with Gasteiger partial charge in [0.15, 0.2) is 0 Å². The topological polar surface area (TPSA) is 64.3 Å². The predicted octanol–water partition coefficient (Wildman–Crippen LogP) is 2.51. The van der Waals surface area contributed by atoms with Gasteiger partial charge >= 0.3 is 0 Å². The number of hydrogen-bond acceptors (Lipinski definition) is 3. The smallest absolute Gasteiger partial charge is 0.251 e. The molecule has 1 aliphatic carbocycles. The van der Waals surface area contributed by atoms with Gasteiger partial charge in [0.1, 0.15) is 5.75 Å². The first-order chi connectivity index (χ1) is 9.19. The summed E-state index contributed by atoms with van der Waals surface area (Å²) in [5, 5.41) is 3.03. The zero-order chi connectivity index (χ0) is 13.7. The first kappa shape index (κ1) is 13.5. The summed E-state index contributed by atoms with van der Waals surface area (Å²) < 4.78 is 5.40. The van der Waals surface area contributed by atoms with Gasteiger partial charge in [0, 0.05) is 23.4 Å². The maximum Gasteiger partial charge on any atom is 0.251 e. The molecular formula is C15H20N2O2. The van der Waals surface area contributed by atoms with E-state index >= 15 is 0 Å². The number of nitrogen functional groups attached to an aromatic ring is 1. The molecule has 19 heavy (non-hydrogen) atoms. The Morgan fingerprint density at radius 1 is 1.42 bits per heavy atom. The quantitative estimate of drug-likeness (QED) is 0.646. The number of carbonyl (C=O) groups is 1. The van der Waals surface area contributed by atoms with Crippen LogP contribution < -0.4 is 15.8 Å². The number of anilines is 1. The lowest BCUT2D eigenvalue weighted by Crippen LogP contribution is -2.35. The van der Waals surface area contributed by atoms with Crippen molar-refractivity contribution in [2.24, 2.45) is 0 Å². The Balaban J connectivity index is 2.07. The molecule has 0 spiro atoms. The monoisotopic (exact) mass is 260 g/mol. The fourth-order valence-electron chi connectivity index (χ4n) is 2.20. The summed E-state index contributed by atoms with van der Waals surface area (Å²) in [6.07, 6.45) is 7.16. The summed E-state index contributed by atoms with van der Waals surface area (Å²) in [4.78, 5) is 12.2. The number of hydrogen-bond donors (Lipinski definition) is 2. The van der Waals surface area contributed by atoms with Crippen LogP contribution in [-0.4, -0.2) is 18.6 Å². The van der Waals surface area contributed by atoms with Crippen LogP contribution in [0.4, 0.5) is 5.69 Å². The molecule has 1 amide bonds. The zero-order valence-corrected chi connectivity index (χ0v) is 11.2. The van der Waals surface area contributed by atoms with E-state index in [2.05, 4.69) is 17.5 Å². The van der Waals surface area contributed by atoms with E-state index in [0.29, 0.717) is 23.6 Å². The van der Waals surface area contributed by atoms with Crippen LogP contribution in [-0.2, 0) is 0 Å². The van der Waals surface area contributed by atoms with Crippen LogP contribution in [0, 0.1) is 0 Å². The largest absolute Gasteiger partial charge is 0.494 e. The minimum atomic E-state index is -0.0893. The van der Waals surface area contributed by atoms with Gasteiger partial charge in [-0.05, 0) is 38.3 Å². The third-order valence-electron chi connectivity index (χ3n) is 3.11. The molecule has 3 N–H and O–H groups in total. The Hall–Kier alpha value is -1.97. The maximum absolute atomic E-state index is 12.2. The number of rotatable bonds is 4. The van der Waals surface area contributed by atoms with Gasteiger partial charge in [0.25, 0.3) is 5.91 Å². The molecule has 0 aromatic heterocycles. The lowest BCUT2D eigenvalue weighted by Gasteiger charge is -2.19. The van der Waals surface area contributed by atoms with Gasteiger partial charge in [-0.2, -0.15) is 0 Å². The lowest BCUT2D eigenvalue weighted by atomic mass is 10.0. The van der Waals surface area contributed by atoms with Crippen LogP contribution in [0.15, 0.2) is 30.4 Å². The van der Waals surface area contributed by atoms with Gasteiger partial charge in [-0.25, -0.2) is 0 Å². The summed E-state index contributed by atoms with van der Waals surface area (Å²) in [7, 11) is 0. The predicted molar refractivity (Wildman–Crippen MR) is 76.3 cm³/mol. The number of carbonyl (C=O) groups excluding carboxylic acids is 1. The summed E-state index contributed by atoms with van der Waals surface area (Å²) in [5.74, 6) is 0.546. The van der Waals surface area contributed by atoms with Crippen molar-refractivity contribution >= 4 is 11.6 Å². The second kappa shape index (κ2) is 6.27. The van der Waals surface area contributed by atoms with Crippen LogP contribution in [0.1, 0.15) is 36.5 Å². The first-order valence-corrected chi connectivity index (χ1v) is 6.68. The Labute approximate surface area is 113 Å². The summed E-state index contributed by atoms with van der Waals surface area (Å²) in [5.41, 5.74) is 6.88. The molecule has 0 fully saturated rings. The van der Waals surface area contributed by atoms with Crippen molar-refractivity contribution in [3.8, 4) is 5.75 Å². The molecule has 1 aliphatic rings. The molecule has 0 aliphatic heterocycles. The van der Waals surface area contributed by atoms with E-state index in [9.17, 15) is 4.79 Å². The van der Waals surface area contributed by atoms with Crippen LogP contribution in [0.3, 0.4) is 0 Å². The second-order valence-corrected chi connectivity index (χ2v) is 4.68. The average molecular weight is 260 g/mol. The molecule has 0 heterocycles. The summed E-state index contributed by atoms with van der Waals surface area (Å²) in [6, 6.07) is 5.35. The van der Waals surface area contributed by atoms with Gasteiger partial charge in [-0.3, -0.25) is 4.79 Å². The van der Waals surface area contributed by atoms with Crippen molar-refractivity contribution in [2.75, 3.05) is 12.3 Å². The number of benzene rings is 1. The molecule has 4 nitrogen and oxygen atoms in total. The minimum Gasteiger partial charge on any atom is -0.494 e. The Morgan fingerprint density at radius 2 is 2.26 bits per heavy atom. The molecule has 0 bridgehead atoms. The molecule has 4 heteroatoms. The van der Waals surface area contributed by atoms with Crippen LogP contribution in [0.2, 0.25) is 0 Å². The van der Waals surface area contributed by atoms with E-state index < -0.39 is 0 Å². The molecule has 1 aromatic carbocycles. The van der Waals surface area contributed by atoms with E-state index in [1.165, 1.54) is 0 Å². The number of nitrogens with one attached hydrogen (secondary N) is 1. The number of allylic oxidation sites excluding steroid dienone is 1. The highest BCUT2D eigenvalue weighted by atomic mass is 16.5. The van der Waals surface area contributed by atoms with Crippen LogP contribution >= 0.6 is 0 Å². The van der Waals surface area contributed by atoms with Gasteiger partial charge in [0.2, 0.25) is 0 Å². The highest BCUT2D eigenvalue weighted by molar-refractivity contribution is 5.95. The molecule has 0 saturated heterocycles. The van der Waals surface area contributed by atoms with Crippen molar-refractivity contribution in [2.45, 2.75) is 32.2 Å². The Bertz CT molecular complexity index is 483. The van der Waals surface area contributed by atoms with E-state index in [1.54, 1.807) is 18.2 Å². The molecule has 2 rings (SSSR count). The van der Waals surface area contributed by atoms with Crippen molar-refractivity contribution < 1.29 is 9.53 Å². The van der Waals surface area contributed by atoms with E-state index in [1.807, 2.05) is 6.92 Å². The maximum atomic E-state index is 12.2. The average Bonchev–Trinajstić information content (AvgIpc) is 2.39. The van der Waals surface area contributed by atoms with Gasteiger partial charge in [0.05, 0.1) is 6.61 Å². The Kier molecular flexibility index (Phi) is 4.44. The van der Waals surface area contributed by atoms with E-state index in [0.717, 1.165) is 19.3 Å². The molecule has 0 saturated carbocycles. The third-order valence-corrected chi connectivity index (χ3v) is 3.11. The summed E-state index contributed by atoms with van der Waals surface area (Å²) in [6.45, 7) is 2.45. The van der Waals surface area contributed by atoms with Crippen LogP contribution in [0.25, 0.3) is 0 Å². The van der Waals surface area contributed by atoms with E-state index in [-0.39, 0.29) is 11.9 Å². The first-order valence-electron chi connectivity index (χ1n) is 6.68. The Morgan fingerprint density at radius 3 is 2.95 bits per heavy atom. The molecule has 1 atom stereocenters. The normalized spacial score (nSPS) is 18.1. The molecule has 1 aromatic rings. The lowest BCUT2D eigenvalue weighted by molar-refractivity contribution is 0.0934. The fraction of sp³-hybridized carbons (Fsp3) is 0.400. The van der Waals surface area contributed by atoms with Crippen molar-refractivity contribution in [3.05, 3.63) is 35.9 Å². The molecule has 1 unspecified atom stereocenters. The fourth-order valence-corrected chi connectivity index (χ4v) is 2.20. The molecule has 102 valence electrons. The molecule has 0 radical (unpaired) electrons. The van der Waals surface area contributed by atoms with Crippen molar-refractivity contribution in [3.63, 3.8) is 0 Å². The molecular weight excluding hydrogens is 240 g/mol. The highest BCUT2D eigenvalue weighted by Gasteiger charge is 2.15. The number of ether oxygens (including phenoxy) is 1. The summed E-state index contributed by atoms with van der Waals surface area (Å²) >= 11 is 0. The second-order valence-electron chi connectivity index (χ2n) is 4.68. The van der Waals surface area contributed by atoms with Gasteiger partial charge in [-0.15, -0.1) is 0 Å².